The third-order valence-corrected chi connectivity index (χ3v) is 7.55. The molecule has 9 heteroatoms. The highest BCUT2D eigenvalue weighted by Gasteiger charge is 2.35. The van der Waals surface area contributed by atoms with Gasteiger partial charge >= 0.3 is 0 Å². The molecule has 0 aromatic heterocycles. The van der Waals surface area contributed by atoms with Gasteiger partial charge in [-0.3, -0.25) is 9.10 Å². The molecule has 1 aromatic rings. The Bertz CT molecular complexity index is 782. The number of halogens is 1. The Labute approximate surface area is 170 Å². The molecule has 1 heterocycles. The number of carbonyl (C=O) groups is 1. The van der Waals surface area contributed by atoms with Gasteiger partial charge in [-0.2, -0.15) is 11.8 Å². The molecule has 1 aromatic carbocycles. The zero-order valence-electron chi connectivity index (χ0n) is 15.3. The lowest BCUT2D eigenvalue weighted by Crippen LogP contribution is -2.50. The lowest BCUT2D eigenvalue weighted by molar-refractivity contribution is -0.127. The summed E-state index contributed by atoms with van der Waals surface area (Å²) < 4.78 is 31.2. The number of carbonyl (C=O) groups excluding carboxylic acids is 1. The molecule has 0 saturated heterocycles. The number of ether oxygens (including phenoxy) is 1. The molecule has 0 spiro atoms. The quantitative estimate of drug-likeness (QED) is 0.699. The first-order chi connectivity index (χ1) is 12.8. The number of sulfonamides is 1. The summed E-state index contributed by atoms with van der Waals surface area (Å²) in [5.41, 5.74) is 0.363. The van der Waals surface area contributed by atoms with Gasteiger partial charge in [0.2, 0.25) is 10.0 Å². The van der Waals surface area contributed by atoms with E-state index in [1.807, 2.05) is 11.8 Å². The maximum Gasteiger partial charge on any atom is 0.263 e. The van der Waals surface area contributed by atoms with E-state index < -0.39 is 16.1 Å². The van der Waals surface area contributed by atoms with Gasteiger partial charge in [-0.25, -0.2) is 8.42 Å². The molecule has 1 atom stereocenters. The first-order valence-electron chi connectivity index (χ1n) is 9.18. The summed E-state index contributed by atoms with van der Waals surface area (Å²) in [5.74, 6) is 0.895. The number of fused-ring (bicyclic) bond motifs is 1. The molecule has 27 heavy (non-hydrogen) atoms. The minimum atomic E-state index is -3.55. The largest absolute Gasteiger partial charge is 0.476 e. The fourth-order valence-corrected chi connectivity index (χ4v) is 5.71. The number of thioether (sulfide) groups is 1. The van der Waals surface area contributed by atoms with Crippen LogP contribution in [0.15, 0.2) is 18.2 Å². The van der Waals surface area contributed by atoms with Crippen molar-refractivity contribution < 1.29 is 17.9 Å². The average molecular weight is 433 g/mol. The van der Waals surface area contributed by atoms with Gasteiger partial charge in [0.1, 0.15) is 5.75 Å². The molecule has 1 N–H and O–H groups in total. The normalized spacial score (nSPS) is 20.7. The van der Waals surface area contributed by atoms with Crippen molar-refractivity contribution in [2.75, 3.05) is 29.4 Å². The van der Waals surface area contributed by atoms with Crippen LogP contribution in [0.4, 0.5) is 5.69 Å². The van der Waals surface area contributed by atoms with Crippen molar-refractivity contribution in [1.82, 2.24) is 5.32 Å². The smallest absolute Gasteiger partial charge is 0.263 e. The Morgan fingerprint density at radius 2 is 2.07 bits per heavy atom. The molecule has 0 radical (unpaired) electrons. The van der Waals surface area contributed by atoms with E-state index in [2.05, 4.69) is 5.32 Å². The van der Waals surface area contributed by atoms with Gasteiger partial charge in [-0.05, 0) is 31.0 Å². The van der Waals surface area contributed by atoms with Crippen molar-refractivity contribution in [3.63, 3.8) is 0 Å². The predicted octanol–water partition coefficient (Wildman–Crippen LogP) is 3.05. The fourth-order valence-electron chi connectivity index (χ4n) is 3.42. The maximum absolute atomic E-state index is 12.5. The average Bonchev–Trinajstić information content (AvgIpc) is 2.64. The third-order valence-electron chi connectivity index (χ3n) is 4.79. The molecule has 3 rings (SSSR count). The fraction of sp³-hybridized carbons (Fsp3) is 0.611. The number of rotatable bonds is 6. The third kappa shape index (κ3) is 5.45. The van der Waals surface area contributed by atoms with E-state index in [1.165, 1.54) is 42.5 Å². The van der Waals surface area contributed by atoms with E-state index in [1.54, 1.807) is 12.1 Å². The molecule has 1 saturated carbocycles. The highest BCUT2D eigenvalue weighted by molar-refractivity contribution is 7.99. The van der Waals surface area contributed by atoms with Crippen molar-refractivity contribution >= 4 is 45.0 Å². The lowest BCUT2D eigenvalue weighted by atomic mass is 10.0. The Hall–Kier alpha value is -1.12. The molecule has 1 amide bonds. The molecule has 1 unspecified atom stereocenters. The van der Waals surface area contributed by atoms with E-state index >= 15 is 0 Å². The molecular formula is C18H25ClN2O4S2. The summed E-state index contributed by atoms with van der Waals surface area (Å²) in [6.07, 6.45) is 6.66. The van der Waals surface area contributed by atoms with Gasteiger partial charge in [-0.15, -0.1) is 0 Å². The summed E-state index contributed by atoms with van der Waals surface area (Å²) in [6.45, 7) is 0.486. The van der Waals surface area contributed by atoms with Crippen LogP contribution in [0.2, 0.25) is 5.02 Å². The van der Waals surface area contributed by atoms with E-state index in [9.17, 15) is 13.2 Å². The van der Waals surface area contributed by atoms with Gasteiger partial charge in [-0.1, -0.05) is 30.9 Å². The first kappa shape index (κ1) is 20.6. The van der Waals surface area contributed by atoms with Crippen molar-refractivity contribution in [2.45, 2.75) is 43.5 Å². The summed E-state index contributed by atoms with van der Waals surface area (Å²) >= 11 is 7.89. The van der Waals surface area contributed by atoms with Crippen LogP contribution in [0.5, 0.6) is 5.75 Å². The van der Waals surface area contributed by atoms with Crippen LogP contribution in [0, 0.1) is 0 Å². The van der Waals surface area contributed by atoms with Gasteiger partial charge in [0.05, 0.1) is 18.5 Å². The van der Waals surface area contributed by atoms with Crippen LogP contribution in [0.25, 0.3) is 0 Å². The number of anilines is 1. The van der Waals surface area contributed by atoms with Crippen molar-refractivity contribution in [1.29, 1.82) is 0 Å². The van der Waals surface area contributed by atoms with Crippen molar-refractivity contribution in [3.05, 3.63) is 23.2 Å². The van der Waals surface area contributed by atoms with Crippen LogP contribution in [-0.2, 0) is 14.8 Å². The minimum Gasteiger partial charge on any atom is -0.476 e. The topological polar surface area (TPSA) is 75.7 Å². The number of nitrogens with one attached hydrogen (secondary N) is 1. The maximum atomic E-state index is 12.5. The molecule has 1 aliphatic carbocycles. The van der Waals surface area contributed by atoms with E-state index in [-0.39, 0.29) is 12.5 Å². The summed E-state index contributed by atoms with van der Waals surface area (Å²) in [6, 6.07) is 4.74. The van der Waals surface area contributed by atoms with Gasteiger partial charge in [0.25, 0.3) is 5.91 Å². The zero-order valence-corrected chi connectivity index (χ0v) is 17.7. The number of nitrogens with zero attached hydrogens (tertiary/aromatic N) is 1. The zero-order chi connectivity index (χ0) is 19.4. The van der Waals surface area contributed by atoms with Crippen molar-refractivity contribution in [2.24, 2.45) is 0 Å². The van der Waals surface area contributed by atoms with Crippen LogP contribution in [-0.4, -0.2) is 50.8 Å². The lowest BCUT2D eigenvalue weighted by Gasteiger charge is -2.34. The molecule has 0 bridgehead atoms. The molecule has 1 aliphatic heterocycles. The molecule has 2 aliphatic rings. The monoisotopic (exact) mass is 432 g/mol. The number of benzene rings is 1. The summed E-state index contributed by atoms with van der Waals surface area (Å²) in [4.78, 5) is 12.5. The minimum absolute atomic E-state index is 0.0617. The second-order valence-corrected chi connectivity index (χ2v) is 10.7. The second-order valence-electron chi connectivity index (χ2n) is 6.93. The van der Waals surface area contributed by atoms with Gasteiger partial charge < -0.3 is 10.1 Å². The van der Waals surface area contributed by atoms with Crippen LogP contribution < -0.4 is 14.4 Å². The first-order valence-corrected chi connectivity index (χ1v) is 12.5. The van der Waals surface area contributed by atoms with E-state index in [4.69, 9.17) is 16.3 Å². The molecule has 1 fully saturated rings. The Balaban J connectivity index is 1.58. The summed E-state index contributed by atoms with van der Waals surface area (Å²) in [5, 5.41) is 3.98. The molecule has 150 valence electrons. The molecule has 6 nitrogen and oxygen atoms in total. The molecular weight excluding hydrogens is 408 g/mol. The standard InChI is InChI=1S/C18H25ClN2O4S2/c1-27(23,24)21-12-17(25-16-8-7-13(19)11-15(16)21)18(22)20-9-10-26-14-5-3-2-4-6-14/h7-8,11,14,17H,2-6,9-10,12H2,1H3,(H,20,22). The highest BCUT2D eigenvalue weighted by atomic mass is 35.5. The number of amides is 1. The van der Waals surface area contributed by atoms with Gasteiger partial charge in [0.15, 0.2) is 6.10 Å². The second kappa shape index (κ2) is 8.92. The SMILES string of the molecule is CS(=O)(=O)N1CC(C(=O)NCCSC2CCCCC2)Oc2ccc(Cl)cc21. The number of hydrogen-bond acceptors (Lipinski definition) is 5. The van der Waals surface area contributed by atoms with E-state index in [0.717, 1.165) is 12.0 Å². The Morgan fingerprint density at radius 3 is 2.78 bits per heavy atom. The number of hydrogen-bond donors (Lipinski definition) is 1. The van der Waals surface area contributed by atoms with Crippen molar-refractivity contribution in [3.8, 4) is 5.75 Å². The Morgan fingerprint density at radius 1 is 1.33 bits per heavy atom. The Kier molecular flexibility index (Phi) is 6.81. The van der Waals surface area contributed by atoms with E-state index in [0.29, 0.717) is 28.3 Å². The summed E-state index contributed by atoms with van der Waals surface area (Å²) in [7, 11) is -3.55. The van der Waals surface area contributed by atoms with Crippen LogP contribution in [0.1, 0.15) is 32.1 Å². The van der Waals surface area contributed by atoms with Gasteiger partial charge in [0, 0.05) is 22.6 Å². The predicted molar refractivity (Wildman–Crippen MR) is 110 cm³/mol. The van der Waals surface area contributed by atoms with Crippen LogP contribution in [0.3, 0.4) is 0 Å². The van der Waals surface area contributed by atoms with Crippen LogP contribution >= 0.6 is 23.4 Å². The highest BCUT2D eigenvalue weighted by Crippen LogP contribution is 2.37.